The van der Waals surface area contributed by atoms with Crippen LogP contribution in [0.3, 0.4) is 0 Å². The normalized spacial score (nSPS) is 28.3. The molecular formula is C13H26O. The maximum atomic E-state index is 5.85. The van der Waals surface area contributed by atoms with E-state index in [-0.39, 0.29) is 0 Å². The fourth-order valence-corrected chi connectivity index (χ4v) is 2.32. The van der Waals surface area contributed by atoms with Crippen molar-refractivity contribution in [2.75, 3.05) is 6.61 Å². The van der Waals surface area contributed by atoms with Crippen LogP contribution in [0.4, 0.5) is 0 Å². The molecule has 1 aliphatic rings. The molecule has 0 aliphatic heterocycles. The van der Waals surface area contributed by atoms with Crippen molar-refractivity contribution in [1.82, 2.24) is 0 Å². The van der Waals surface area contributed by atoms with Crippen molar-refractivity contribution in [2.24, 2.45) is 11.8 Å². The topological polar surface area (TPSA) is 9.23 Å². The van der Waals surface area contributed by atoms with Crippen molar-refractivity contribution in [3.05, 3.63) is 0 Å². The average Bonchev–Trinajstić information content (AvgIpc) is 2.19. The van der Waals surface area contributed by atoms with Gasteiger partial charge in [0.25, 0.3) is 0 Å². The summed E-state index contributed by atoms with van der Waals surface area (Å²) in [4.78, 5) is 0. The third kappa shape index (κ3) is 4.00. The van der Waals surface area contributed by atoms with Crippen molar-refractivity contribution in [1.29, 1.82) is 0 Å². The van der Waals surface area contributed by atoms with Gasteiger partial charge in [-0.2, -0.15) is 0 Å². The summed E-state index contributed by atoms with van der Waals surface area (Å²) < 4.78 is 5.85. The monoisotopic (exact) mass is 198 g/mol. The zero-order valence-corrected chi connectivity index (χ0v) is 10.1. The Morgan fingerprint density at radius 1 is 1.14 bits per heavy atom. The van der Waals surface area contributed by atoms with Gasteiger partial charge in [-0.1, -0.05) is 27.2 Å². The lowest BCUT2D eigenvalue weighted by Gasteiger charge is -2.30. The van der Waals surface area contributed by atoms with Crippen LogP contribution in [0.2, 0.25) is 0 Å². The van der Waals surface area contributed by atoms with Gasteiger partial charge in [0.2, 0.25) is 0 Å². The molecule has 1 heteroatoms. The molecule has 0 aromatic carbocycles. The Balaban J connectivity index is 2.09. The summed E-state index contributed by atoms with van der Waals surface area (Å²) in [6.07, 6.45) is 8.42. The molecule has 0 radical (unpaired) electrons. The molecule has 0 spiro atoms. The number of rotatable bonds is 5. The standard InChI is InChI=1S/C13H26O/c1-4-5-10-14-13-8-6-12(7-9-13)11(2)3/h11-13H,4-10H2,1-3H3. The van der Waals surface area contributed by atoms with Gasteiger partial charge in [-0.05, 0) is 43.9 Å². The van der Waals surface area contributed by atoms with Crippen LogP contribution in [0.5, 0.6) is 0 Å². The minimum Gasteiger partial charge on any atom is -0.378 e. The summed E-state index contributed by atoms with van der Waals surface area (Å²) in [7, 11) is 0. The van der Waals surface area contributed by atoms with E-state index in [0.717, 1.165) is 18.4 Å². The highest BCUT2D eigenvalue weighted by atomic mass is 16.5. The summed E-state index contributed by atoms with van der Waals surface area (Å²) in [6, 6.07) is 0. The first-order valence-corrected chi connectivity index (χ1v) is 6.35. The van der Waals surface area contributed by atoms with Crippen molar-refractivity contribution >= 4 is 0 Å². The van der Waals surface area contributed by atoms with Crippen molar-refractivity contribution in [3.63, 3.8) is 0 Å². The number of unbranched alkanes of at least 4 members (excludes halogenated alkanes) is 1. The van der Waals surface area contributed by atoms with E-state index in [2.05, 4.69) is 20.8 Å². The van der Waals surface area contributed by atoms with Crippen molar-refractivity contribution in [2.45, 2.75) is 65.4 Å². The molecule has 1 rings (SSSR count). The molecule has 0 atom stereocenters. The molecule has 14 heavy (non-hydrogen) atoms. The van der Waals surface area contributed by atoms with E-state index in [1.807, 2.05) is 0 Å². The lowest BCUT2D eigenvalue weighted by Crippen LogP contribution is -2.24. The second-order valence-corrected chi connectivity index (χ2v) is 5.01. The van der Waals surface area contributed by atoms with Crippen LogP contribution in [0.25, 0.3) is 0 Å². The van der Waals surface area contributed by atoms with E-state index < -0.39 is 0 Å². The molecule has 1 saturated carbocycles. The van der Waals surface area contributed by atoms with Crippen LogP contribution in [0.15, 0.2) is 0 Å². The second-order valence-electron chi connectivity index (χ2n) is 5.01. The van der Waals surface area contributed by atoms with E-state index >= 15 is 0 Å². The molecule has 0 bridgehead atoms. The third-order valence-corrected chi connectivity index (χ3v) is 3.51. The number of hydrogen-bond donors (Lipinski definition) is 0. The molecular weight excluding hydrogens is 172 g/mol. The van der Waals surface area contributed by atoms with Gasteiger partial charge in [0.15, 0.2) is 0 Å². The summed E-state index contributed by atoms with van der Waals surface area (Å²) in [6.45, 7) is 7.90. The minimum absolute atomic E-state index is 0.580. The zero-order valence-electron chi connectivity index (χ0n) is 10.1. The molecule has 0 N–H and O–H groups in total. The Morgan fingerprint density at radius 2 is 1.79 bits per heavy atom. The highest BCUT2D eigenvalue weighted by Gasteiger charge is 2.23. The lowest BCUT2D eigenvalue weighted by atomic mass is 9.80. The minimum atomic E-state index is 0.580. The zero-order chi connectivity index (χ0) is 10.4. The molecule has 1 nitrogen and oxygen atoms in total. The summed E-state index contributed by atoms with van der Waals surface area (Å²) in [5, 5.41) is 0. The van der Waals surface area contributed by atoms with Gasteiger partial charge in [0, 0.05) is 6.61 Å². The van der Waals surface area contributed by atoms with Crippen LogP contribution >= 0.6 is 0 Å². The Hall–Kier alpha value is -0.0400. The van der Waals surface area contributed by atoms with Crippen LogP contribution in [-0.4, -0.2) is 12.7 Å². The van der Waals surface area contributed by atoms with E-state index in [1.54, 1.807) is 0 Å². The molecule has 0 amide bonds. The Morgan fingerprint density at radius 3 is 2.29 bits per heavy atom. The van der Waals surface area contributed by atoms with Crippen LogP contribution < -0.4 is 0 Å². The van der Waals surface area contributed by atoms with Gasteiger partial charge in [0.05, 0.1) is 6.10 Å². The quantitative estimate of drug-likeness (QED) is 0.606. The smallest absolute Gasteiger partial charge is 0.0575 e. The second kappa shape index (κ2) is 6.44. The lowest BCUT2D eigenvalue weighted by molar-refractivity contribution is 0.0118. The fourth-order valence-electron chi connectivity index (χ4n) is 2.32. The predicted octanol–water partition coefficient (Wildman–Crippen LogP) is 4.02. The first-order valence-electron chi connectivity index (χ1n) is 6.35. The summed E-state index contributed by atoms with van der Waals surface area (Å²) >= 11 is 0. The van der Waals surface area contributed by atoms with Gasteiger partial charge in [-0.25, -0.2) is 0 Å². The third-order valence-electron chi connectivity index (χ3n) is 3.51. The van der Waals surface area contributed by atoms with E-state index in [0.29, 0.717) is 6.10 Å². The van der Waals surface area contributed by atoms with E-state index in [1.165, 1.54) is 38.5 Å². The van der Waals surface area contributed by atoms with Crippen molar-refractivity contribution < 1.29 is 4.74 Å². The van der Waals surface area contributed by atoms with Gasteiger partial charge in [-0.3, -0.25) is 0 Å². The summed E-state index contributed by atoms with van der Waals surface area (Å²) in [5.41, 5.74) is 0. The molecule has 84 valence electrons. The van der Waals surface area contributed by atoms with Crippen LogP contribution in [-0.2, 0) is 4.74 Å². The molecule has 0 unspecified atom stereocenters. The van der Waals surface area contributed by atoms with Crippen LogP contribution in [0, 0.1) is 11.8 Å². The number of hydrogen-bond acceptors (Lipinski definition) is 1. The summed E-state index contributed by atoms with van der Waals surface area (Å²) in [5.74, 6) is 1.83. The molecule has 0 heterocycles. The Labute approximate surface area is 89.2 Å². The fraction of sp³-hybridized carbons (Fsp3) is 1.00. The highest BCUT2D eigenvalue weighted by molar-refractivity contribution is 4.74. The van der Waals surface area contributed by atoms with E-state index in [4.69, 9.17) is 4.74 Å². The Bertz CT molecular complexity index is 134. The SMILES string of the molecule is CCCCOC1CCC(C(C)C)CC1. The van der Waals surface area contributed by atoms with Gasteiger partial charge < -0.3 is 4.74 Å². The molecule has 1 aliphatic carbocycles. The Kier molecular flexibility index (Phi) is 5.54. The molecule has 1 fully saturated rings. The first-order chi connectivity index (χ1) is 6.74. The molecule has 0 aromatic heterocycles. The first kappa shape index (κ1) is 12.0. The number of ether oxygens (including phenoxy) is 1. The molecule has 0 aromatic rings. The van der Waals surface area contributed by atoms with Crippen LogP contribution in [0.1, 0.15) is 59.3 Å². The van der Waals surface area contributed by atoms with Crippen molar-refractivity contribution in [3.8, 4) is 0 Å². The maximum Gasteiger partial charge on any atom is 0.0575 e. The average molecular weight is 198 g/mol. The predicted molar refractivity (Wildman–Crippen MR) is 61.4 cm³/mol. The van der Waals surface area contributed by atoms with Gasteiger partial charge in [0.1, 0.15) is 0 Å². The van der Waals surface area contributed by atoms with Gasteiger partial charge >= 0.3 is 0 Å². The largest absolute Gasteiger partial charge is 0.378 e. The maximum absolute atomic E-state index is 5.85. The van der Waals surface area contributed by atoms with E-state index in [9.17, 15) is 0 Å². The highest BCUT2D eigenvalue weighted by Crippen LogP contribution is 2.31. The van der Waals surface area contributed by atoms with Gasteiger partial charge in [-0.15, -0.1) is 0 Å². The molecule has 0 saturated heterocycles.